The topological polar surface area (TPSA) is 85.4 Å². The summed E-state index contributed by atoms with van der Waals surface area (Å²) >= 11 is 0. The first-order chi connectivity index (χ1) is 14.5. The van der Waals surface area contributed by atoms with E-state index in [0.29, 0.717) is 48.8 Å². The fraction of sp³-hybridized carbons (Fsp3) is 0.318. The Morgan fingerprint density at radius 1 is 0.833 bits per heavy atom. The second-order valence-corrected chi connectivity index (χ2v) is 6.63. The highest BCUT2D eigenvalue weighted by molar-refractivity contribution is 5.96. The number of hydrogen-bond donors (Lipinski definition) is 0. The predicted octanol–water partition coefficient (Wildman–Crippen LogP) is 2.83. The highest BCUT2D eigenvalue weighted by Crippen LogP contribution is 2.18. The molecule has 0 unspecified atom stereocenters. The van der Waals surface area contributed by atoms with Crippen LogP contribution in [0.4, 0.5) is 4.79 Å². The summed E-state index contributed by atoms with van der Waals surface area (Å²) in [5.41, 5.74) is 1.05. The minimum absolute atomic E-state index is 0.0820. The summed E-state index contributed by atoms with van der Waals surface area (Å²) in [5.74, 6) is 0.719. The van der Waals surface area contributed by atoms with E-state index in [-0.39, 0.29) is 18.4 Å². The molecule has 0 aromatic heterocycles. The Kier molecular flexibility index (Phi) is 6.90. The van der Waals surface area contributed by atoms with Crippen LogP contribution in [0.25, 0.3) is 0 Å². The molecule has 158 valence electrons. The van der Waals surface area contributed by atoms with E-state index in [1.165, 1.54) is 0 Å². The summed E-state index contributed by atoms with van der Waals surface area (Å²) < 4.78 is 14.9. The smallest absolute Gasteiger partial charge is 0.497 e. The number of carbonyl (C=O) groups is 3. The number of methoxy groups -OCH3 is 1. The van der Waals surface area contributed by atoms with Gasteiger partial charge < -0.3 is 24.0 Å². The van der Waals surface area contributed by atoms with Gasteiger partial charge in [0.1, 0.15) is 11.5 Å². The van der Waals surface area contributed by atoms with Crippen molar-refractivity contribution in [2.24, 2.45) is 0 Å². The van der Waals surface area contributed by atoms with Crippen LogP contribution in [0.5, 0.6) is 11.5 Å². The number of carbonyl (C=O) groups excluding carboxylic acids is 3. The molecule has 0 spiro atoms. The number of benzene rings is 2. The molecule has 0 radical (unpaired) electrons. The molecule has 1 aliphatic rings. The standard InChI is InChI=1S/C22H24N2O6/c1-3-29-22(27)30-18-9-7-16(8-10-18)20(25)23-11-13-24(14-12-23)21(26)17-5-4-6-19(15-17)28-2/h4-10,15H,3,11-14H2,1-2H3. The number of hydrogen-bond acceptors (Lipinski definition) is 6. The van der Waals surface area contributed by atoms with E-state index in [1.54, 1.807) is 72.4 Å². The van der Waals surface area contributed by atoms with E-state index in [4.69, 9.17) is 14.2 Å². The van der Waals surface area contributed by atoms with Gasteiger partial charge in [-0.1, -0.05) is 6.07 Å². The van der Waals surface area contributed by atoms with Crippen LogP contribution < -0.4 is 9.47 Å². The van der Waals surface area contributed by atoms with Crippen molar-refractivity contribution in [2.75, 3.05) is 39.9 Å². The molecule has 30 heavy (non-hydrogen) atoms. The highest BCUT2D eigenvalue weighted by Gasteiger charge is 2.25. The van der Waals surface area contributed by atoms with Gasteiger partial charge in [0, 0.05) is 37.3 Å². The molecule has 0 N–H and O–H groups in total. The zero-order valence-electron chi connectivity index (χ0n) is 17.0. The van der Waals surface area contributed by atoms with Crippen LogP contribution >= 0.6 is 0 Å². The Hall–Kier alpha value is -3.55. The van der Waals surface area contributed by atoms with Gasteiger partial charge in [-0.25, -0.2) is 4.79 Å². The maximum Gasteiger partial charge on any atom is 0.513 e. The van der Waals surface area contributed by atoms with Crippen LogP contribution in [0, 0.1) is 0 Å². The minimum Gasteiger partial charge on any atom is -0.497 e. The average molecular weight is 412 g/mol. The molecule has 2 amide bonds. The van der Waals surface area contributed by atoms with Gasteiger partial charge in [0.15, 0.2) is 0 Å². The molecule has 0 saturated carbocycles. The van der Waals surface area contributed by atoms with Crippen molar-refractivity contribution < 1.29 is 28.6 Å². The number of amides is 2. The second kappa shape index (κ2) is 9.78. The van der Waals surface area contributed by atoms with Crippen molar-refractivity contribution >= 4 is 18.0 Å². The first-order valence-electron chi connectivity index (χ1n) is 9.69. The van der Waals surface area contributed by atoms with Crippen molar-refractivity contribution in [2.45, 2.75) is 6.92 Å². The summed E-state index contributed by atoms with van der Waals surface area (Å²) in [6.07, 6.45) is -0.784. The van der Waals surface area contributed by atoms with Crippen molar-refractivity contribution in [3.63, 3.8) is 0 Å². The fourth-order valence-electron chi connectivity index (χ4n) is 3.14. The normalized spacial score (nSPS) is 13.5. The van der Waals surface area contributed by atoms with Crippen LogP contribution in [-0.2, 0) is 4.74 Å². The van der Waals surface area contributed by atoms with Gasteiger partial charge in [0.2, 0.25) is 0 Å². The van der Waals surface area contributed by atoms with E-state index in [0.717, 1.165) is 0 Å². The Balaban J connectivity index is 1.56. The number of nitrogens with zero attached hydrogens (tertiary/aromatic N) is 2. The molecule has 0 aliphatic carbocycles. The molecular formula is C22H24N2O6. The van der Waals surface area contributed by atoms with Crippen molar-refractivity contribution in [3.8, 4) is 11.5 Å². The molecule has 8 nitrogen and oxygen atoms in total. The number of rotatable bonds is 5. The first-order valence-corrected chi connectivity index (χ1v) is 9.69. The molecule has 0 bridgehead atoms. The van der Waals surface area contributed by atoms with Gasteiger partial charge >= 0.3 is 6.16 Å². The zero-order chi connectivity index (χ0) is 21.5. The zero-order valence-corrected chi connectivity index (χ0v) is 17.0. The largest absolute Gasteiger partial charge is 0.513 e. The number of ether oxygens (including phenoxy) is 3. The van der Waals surface area contributed by atoms with Gasteiger partial charge in [-0.3, -0.25) is 9.59 Å². The molecule has 1 aliphatic heterocycles. The lowest BCUT2D eigenvalue weighted by Gasteiger charge is -2.35. The molecule has 0 atom stereocenters. The molecule has 2 aromatic carbocycles. The number of piperazine rings is 1. The van der Waals surface area contributed by atoms with Gasteiger partial charge in [-0.15, -0.1) is 0 Å². The Labute approximate surface area is 174 Å². The SMILES string of the molecule is CCOC(=O)Oc1ccc(C(=O)N2CCN(C(=O)c3cccc(OC)c3)CC2)cc1. The summed E-state index contributed by atoms with van der Waals surface area (Å²) in [6, 6.07) is 13.3. The van der Waals surface area contributed by atoms with Gasteiger partial charge in [-0.2, -0.15) is 0 Å². The van der Waals surface area contributed by atoms with Crippen LogP contribution in [0.1, 0.15) is 27.6 Å². The summed E-state index contributed by atoms with van der Waals surface area (Å²) in [6.45, 7) is 3.69. The average Bonchev–Trinajstić information content (AvgIpc) is 2.79. The fourth-order valence-corrected chi connectivity index (χ4v) is 3.14. The quantitative estimate of drug-likeness (QED) is 0.555. The van der Waals surface area contributed by atoms with E-state index in [1.807, 2.05) is 0 Å². The summed E-state index contributed by atoms with van der Waals surface area (Å²) in [4.78, 5) is 40.2. The van der Waals surface area contributed by atoms with Gasteiger partial charge in [0.25, 0.3) is 11.8 Å². The maximum atomic E-state index is 12.7. The molecule has 1 fully saturated rings. The highest BCUT2D eigenvalue weighted by atomic mass is 16.7. The van der Waals surface area contributed by atoms with E-state index >= 15 is 0 Å². The second-order valence-electron chi connectivity index (χ2n) is 6.63. The molecule has 1 saturated heterocycles. The maximum absolute atomic E-state index is 12.7. The Bertz CT molecular complexity index is 904. The van der Waals surface area contributed by atoms with Gasteiger partial charge in [0.05, 0.1) is 13.7 Å². The molecule has 8 heteroatoms. The van der Waals surface area contributed by atoms with Crippen LogP contribution in [0.15, 0.2) is 48.5 Å². The lowest BCUT2D eigenvalue weighted by atomic mass is 10.1. The Morgan fingerprint density at radius 2 is 1.43 bits per heavy atom. The van der Waals surface area contributed by atoms with Crippen LogP contribution in [-0.4, -0.2) is 67.7 Å². The van der Waals surface area contributed by atoms with Crippen molar-refractivity contribution in [1.82, 2.24) is 9.80 Å². The van der Waals surface area contributed by atoms with E-state index in [2.05, 4.69) is 0 Å². The van der Waals surface area contributed by atoms with E-state index in [9.17, 15) is 14.4 Å². The molecule has 2 aromatic rings. The summed E-state index contributed by atoms with van der Waals surface area (Å²) in [7, 11) is 1.56. The molecule has 3 rings (SSSR count). The van der Waals surface area contributed by atoms with Crippen LogP contribution in [0.2, 0.25) is 0 Å². The Morgan fingerprint density at radius 3 is 2.00 bits per heavy atom. The van der Waals surface area contributed by atoms with Crippen molar-refractivity contribution in [3.05, 3.63) is 59.7 Å². The third-order valence-corrected chi connectivity index (χ3v) is 4.74. The first kappa shape index (κ1) is 21.2. The van der Waals surface area contributed by atoms with E-state index < -0.39 is 6.16 Å². The monoisotopic (exact) mass is 412 g/mol. The molecular weight excluding hydrogens is 388 g/mol. The minimum atomic E-state index is -0.784. The third kappa shape index (κ3) is 5.08. The summed E-state index contributed by atoms with van der Waals surface area (Å²) in [5, 5.41) is 0. The predicted molar refractivity (Wildman–Crippen MR) is 109 cm³/mol. The van der Waals surface area contributed by atoms with Crippen molar-refractivity contribution in [1.29, 1.82) is 0 Å². The van der Waals surface area contributed by atoms with Crippen LogP contribution in [0.3, 0.4) is 0 Å². The third-order valence-electron chi connectivity index (χ3n) is 4.74. The van der Waals surface area contributed by atoms with Gasteiger partial charge in [-0.05, 0) is 49.4 Å². The lowest BCUT2D eigenvalue weighted by Crippen LogP contribution is -2.50. The lowest BCUT2D eigenvalue weighted by molar-refractivity contribution is 0.0535. The molecule has 1 heterocycles.